The van der Waals surface area contributed by atoms with E-state index in [9.17, 15) is 13.6 Å². The number of hydrogen-bond donors (Lipinski definition) is 1. The molecule has 0 radical (unpaired) electrons. The minimum Gasteiger partial charge on any atom is -0.356 e. The quantitative estimate of drug-likeness (QED) is 0.712. The second kappa shape index (κ2) is 10.1. The fourth-order valence-electron chi connectivity index (χ4n) is 3.71. The van der Waals surface area contributed by atoms with Crippen molar-refractivity contribution in [3.63, 3.8) is 0 Å². The molecule has 1 N–H and O–H groups in total. The van der Waals surface area contributed by atoms with E-state index < -0.39 is 5.92 Å². The first-order valence-corrected chi connectivity index (χ1v) is 10.8. The van der Waals surface area contributed by atoms with Crippen molar-refractivity contribution < 1.29 is 13.6 Å². The fraction of sp³-hybridized carbons (Fsp3) is 0.440. The lowest BCUT2D eigenvalue weighted by molar-refractivity contribution is -0.0102. The third-order valence-corrected chi connectivity index (χ3v) is 5.46. The molecule has 1 fully saturated rings. The van der Waals surface area contributed by atoms with Crippen molar-refractivity contribution >= 4 is 17.4 Å². The van der Waals surface area contributed by atoms with Crippen LogP contribution in [0.4, 0.5) is 20.3 Å². The molecule has 1 aromatic carbocycles. The molecule has 5 nitrogen and oxygen atoms in total. The Balaban J connectivity index is 2.00. The number of nitrogens with zero attached hydrogens (tertiary/aromatic N) is 3. The molecule has 0 aliphatic carbocycles. The van der Waals surface area contributed by atoms with Gasteiger partial charge in [-0.2, -0.15) is 0 Å². The number of carbonyl (C=O) groups is 1. The number of alkyl halides is 2. The molecule has 0 saturated carbocycles. The van der Waals surface area contributed by atoms with E-state index in [-0.39, 0.29) is 25.3 Å². The second-order valence-electron chi connectivity index (χ2n) is 8.56. The first-order chi connectivity index (χ1) is 15.2. The summed E-state index contributed by atoms with van der Waals surface area (Å²) in [6, 6.07) is 7.53. The summed E-state index contributed by atoms with van der Waals surface area (Å²) in [5, 5.41) is 2.94. The number of aromatic nitrogens is 1. The van der Waals surface area contributed by atoms with Gasteiger partial charge < -0.3 is 10.2 Å². The van der Waals surface area contributed by atoms with E-state index in [0.717, 1.165) is 5.56 Å². The Bertz CT molecular complexity index is 1040. The molecule has 170 valence electrons. The monoisotopic (exact) mass is 440 g/mol. The average Bonchev–Trinajstić information content (AvgIpc) is 2.89. The summed E-state index contributed by atoms with van der Waals surface area (Å²) in [6.07, 6.45) is 1.58. The number of nitrogens with one attached hydrogen (secondary N) is 1. The number of aryl methyl sites for hydroxylation is 1. The van der Waals surface area contributed by atoms with Crippen LogP contribution in [0.5, 0.6) is 0 Å². The van der Waals surface area contributed by atoms with Crippen molar-refractivity contribution in [3.8, 4) is 11.8 Å². The average molecular weight is 441 g/mol. The van der Waals surface area contributed by atoms with Crippen molar-refractivity contribution in [2.45, 2.75) is 39.0 Å². The van der Waals surface area contributed by atoms with Crippen LogP contribution in [-0.2, 0) is 0 Å². The van der Waals surface area contributed by atoms with Crippen LogP contribution in [0, 0.1) is 25.7 Å². The number of benzene rings is 1. The molecular formula is C25H30F2N4O. The fourth-order valence-corrected chi connectivity index (χ4v) is 3.71. The molecule has 32 heavy (non-hydrogen) atoms. The minimum absolute atomic E-state index is 0.149. The van der Waals surface area contributed by atoms with Crippen LogP contribution in [0.25, 0.3) is 0 Å². The summed E-state index contributed by atoms with van der Waals surface area (Å²) in [7, 11) is 3.86. The van der Waals surface area contributed by atoms with Crippen LogP contribution in [0.2, 0.25) is 0 Å². The van der Waals surface area contributed by atoms with Gasteiger partial charge in [0.05, 0.1) is 12.1 Å². The maximum atomic E-state index is 13.9. The number of hydrogen-bond acceptors (Lipinski definition) is 4. The van der Waals surface area contributed by atoms with E-state index in [0.29, 0.717) is 47.7 Å². The number of carbonyl (C=O) groups excluding carboxylic acids is 1. The van der Waals surface area contributed by atoms with Crippen LogP contribution >= 0.6 is 0 Å². The Morgan fingerprint density at radius 3 is 2.75 bits per heavy atom. The summed E-state index contributed by atoms with van der Waals surface area (Å²) in [4.78, 5) is 21.7. The van der Waals surface area contributed by atoms with Crippen molar-refractivity contribution in [2.75, 3.05) is 43.9 Å². The standard InChI is InChI=1S/C25H30F2N4O/c1-18-8-5-10-21(16-18)29-24(32)22-19(2)20(9-6-13-30(3)4)17-28-23(22)31-14-7-11-25(26,27)12-15-31/h5,8,10,16-17H,7,11-15H2,1-4H3,(H,29,32). The van der Waals surface area contributed by atoms with Gasteiger partial charge in [-0.25, -0.2) is 13.8 Å². The van der Waals surface area contributed by atoms with Gasteiger partial charge in [-0.1, -0.05) is 24.0 Å². The van der Waals surface area contributed by atoms with Crippen LogP contribution in [-0.4, -0.2) is 55.4 Å². The first-order valence-electron chi connectivity index (χ1n) is 10.8. The van der Waals surface area contributed by atoms with E-state index in [1.165, 1.54) is 0 Å². The maximum Gasteiger partial charge on any atom is 0.259 e. The zero-order valence-electron chi connectivity index (χ0n) is 19.1. The summed E-state index contributed by atoms with van der Waals surface area (Å²) >= 11 is 0. The number of halogens is 2. The molecule has 1 amide bonds. The van der Waals surface area contributed by atoms with E-state index >= 15 is 0 Å². The molecular weight excluding hydrogens is 410 g/mol. The second-order valence-corrected chi connectivity index (χ2v) is 8.56. The molecule has 0 spiro atoms. The molecule has 1 aliphatic heterocycles. The van der Waals surface area contributed by atoms with Gasteiger partial charge in [0.2, 0.25) is 5.92 Å². The lowest BCUT2D eigenvalue weighted by Gasteiger charge is -2.25. The van der Waals surface area contributed by atoms with Crippen LogP contribution in [0.1, 0.15) is 46.3 Å². The summed E-state index contributed by atoms with van der Waals surface area (Å²) < 4.78 is 27.9. The number of anilines is 2. The Kier molecular flexibility index (Phi) is 7.47. The van der Waals surface area contributed by atoms with Gasteiger partial charge >= 0.3 is 0 Å². The highest BCUT2D eigenvalue weighted by Gasteiger charge is 2.33. The van der Waals surface area contributed by atoms with Crippen molar-refractivity contribution in [3.05, 3.63) is 52.7 Å². The van der Waals surface area contributed by atoms with Gasteiger partial charge in [0, 0.05) is 43.4 Å². The van der Waals surface area contributed by atoms with Crippen LogP contribution < -0.4 is 10.2 Å². The van der Waals surface area contributed by atoms with Crippen molar-refractivity contribution in [1.82, 2.24) is 9.88 Å². The number of amides is 1. The molecule has 1 aromatic heterocycles. The third kappa shape index (κ3) is 6.04. The smallest absolute Gasteiger partial charge is 0.259 e. The molecule has 1 aliphatic rings. The Hall–Kier alpha value is -2.98. The zero-order chi connectivity index (χ0) is 23.3. The number of pyridine rings is 1. The SMILES string of the molecule is Cc1cccc(NC(=O)c2c(N3CCCC(F)(F)CC3)ncc(C#CCN(C)C)c2C)c1. The Morgan fingerprint density at radius 1 is 1.25 bits per heavy atom. The minimum atomic E-state index is -2.69. The molecule has 0 unspecified atom stereocenters. The Labute approximate surface area is 188 Å². The normalized spacial score (nSPS) is 15.7. The highest BCUT2D eigenvalue weighted by atomic mass is 19.3. The maximum absolute atomic E-state index is 13.9. The van der Waals surface area contributed by atoms with E-state index in [1.807, 2.05) is 57.1 Å². The third-order valence-electron chi connectivity index (χ3n) is 5.46. The lowest BCUT2D eigenvalue weighted by Crippen LogP contribution is -2.30. The predicted octanol–water partition coefficient (Wildman–Crippen LogP) is 4.49. The molecule has 0 bridgehead atoms. The van der Waals surface area contributed by atoms with Crippen molar-refractivity contribution in [2.24, 2.45) is 0 Å². The molecule has 0 atom stereocenters. The van der Waals surface area contributed by atoms with E-state index in [1.54, 1.807) is 11.1 Å². The number of rotatable bonds is 4. The summed E-state index contributed by atoms with van der Waals surface area (Å²) in [5.41, 5.74) is 3.43. The lowest BCUT2D eigenvalue weighted by atomic mass is 10.0. The first kappa shape index (κ1) is 23.7. The van der Waals surface area contributed by atoms with Gasteiger partial charge in [-0.05, 0) is 57.6 Å². The van der Waals surface area contributed by atoms with Gasteiger partial charge in [0.15, 0.2) is 0 Å². The molecule has 2 heterocycles. The van der Waals surface area contributed by atoms with Crippen LogP contribution in [0.3, 0.4) is 0 Å². The molecule has 2 aromatic rings. The summed E-state index contributed by atoms with van der Waals surface area (Å²) in [5.74, 6) is 3.60. The van der Waals surface area contributed by atoms with Gasteiger partial charge in [-0.15, -0.1) is 0 Å². The molecule has 1 saturated heterocycles. The van der Waals surface area contributed by atoms with Crippen molar-refractivity contribution in [1.29, 1.82) is 0 Å². The van der Waals surface area contributed by atoms with Gasteiger partial charge in [-0.3, -0.25) is 9.69 Å². The van der Waals surface area contributed by atoms with Gasteiger partial charge in [0.1, 0.15) is 5.82 Å². The van der Waals surface area contributed by atoms with Crippen LogP contribution in [0.15, 0.2) is 30.5 Å². The highest BCUT2D eigenvalue weighted by molar-refractivity contribution is 6.09. The largest absolute Gasteiger partial charge is 0.356 e. The van der Waals surface area contributed by atoms with E-state index in [2.05, 4.69) is 22.1 Å². The Morgan fingerprint density at radius 2 is 2.03 bits per heavy atom. The molecule has 3 rings (SSSR count). The predicted molar refractivity (Wildman–Crippen MR) is 125 cm³/mol. The topological polar surface area (TPSA) is 48.5 Å². The van der Waals surface area contributed by atoms with Gasteiger partial charge in [0.25, 0.3) is 5.91 Å². The summed E-state index contributed by atoms with van der Waals surface area (Å²) in [6.45, 7) is 4.94. The highest BCUT2D eigenvalue weighted by Crippen LogP contribution is 2.32. The molecule has 7 heteroatoms. The zero-order valence-corrected chi connectivity index (χ0v) is 19.1. The van der Waals surface area contributed by atoms with E-state index in [4.69, 9.17) is 0 Å².